The van der Waals surface area contributed by atoms with Gasteiger partial charge in [0.05, 0.1) is 31.6 Å². The zero-order valence-electron chi connectivity index (χ0n) is 11.5. The molecule has 1 aromatic heterocycles. The maximum absolute atomic E-state index is 5.87. The van der Waals surface area contributed by atoms with Crippen molar-refractivity contribution in [3.8, 4) is 0 Å². The molecule has 2 aliphatic rings. The first-order chi connectivity index (χ1) is 9.27. The molecule has 1 atom stereocenters. The summed E-state index contributed by atoms with van der Waals surface area (Å²) in [6.45, 7) is 8.11. The molecule has 1 aromatic rings. The van der Waals surface area contributed by atoms with Crippen LogP contribution in [0.2, 0.25) is 0 Å². The third-order valence-electron chi connectivity index (χ3n) is 4.21. The van der Waals surface area contributed by atoms with Crippen LogP contribution < -0.4 is 0 Å². The van der Waals surface area contributed by atoms with Crippen LogP contribution in [0, 0.1) is 5.41 Å². The Morgan fingerprint density at radius 2 is 2.37 bits per heavy atom. The van der Waals surface area contributed by atoms with Crippen molar-refractivity contribution >= 4 is 0 Å². The largest absolute Gasteiger partial charge is 0.380 e. The van der Waals surface area contributed by atoms with Gasteiger partial charge in [0.15, 0.2) is 0 Å². The summed E-state index contributed by atoms with van der Waals surface area (Å²) in [7, 11) is 0. The van der Waals surface area contributed by atoms with Gasteiger partial charge in [0.1, 0.15) is 0 Å². The molecule has 1 unspecified atom stereocenters. The van der Waals surface area contributed by atoms with E-state index in [4.69, 9.17) is 9.47 Å². The Morgan fingerprint density at radius 3 is 3.00 bits per heavy atom. The Balaban J connectivity index is 1.39. The third kappa shape index (κ3) is 2.96. The Hall–Kier alpha value is -0.970. The van der Waals surface area contributed by atoms with Gasteiger partial charge < -0.3 is 14.4 Å². The summed E-state index contributed by atoms with van der Waals surface area (Å²) < 4.78 is 11.2. The SMILES string of the molecule is CC(OCCN1CCC2(COC2)C1)c1ccccn1. The number of nitrogens with zero attached hydrogens (tertiary/aromatic N) is 2. The Morgan fingerprint density at radius 1 is 1.47 bits per heavy atom. The van der Waals surface area contributed by atoms with E-state index in [2.05, 4.69) is 16.8 Å². The van der Waals surface area contributed by atoms with Crippen molar-refractivity contribution in [1.29, 1.82) is 0 Å². The van der Waals surface area contributed by atoms with Crippen LogP contribution in [0.5, 0.6) is 0 Å². The summed E-state index contributed by atoms with van der Waals surface area (Å²) in [5.41, 5.74) is 1.49. The molecule has 3 heterocycles. The lowest BCUT2D eigenvalue weighted by Gasteiger charge is -2.37. The number of likely N-dealkylation sites (tertiary alicyclic amines) is 1. The highest BCUT2D eigenvalue weighted by atomic mass is 16.5. The first-order valence-electron chi connectivity index (χ1n) is 7.10. The quantitative estimate of drug-likeness (QED) is 0.811. The first kappa shape index (κ1) is 13.0. The smallest absolute Gasteiger partial charge is 0.0967 e. The van der Waals surface area contributed by atoms with Gasteiger partial charge in [-0.1, -0.05) is 6.07 Å². The van der Waals surface area contributed by atoms with Gasteiger partial charge in [-0.2, -0.15) is 0 Å². The molecule has 1 spiro atoms. The predicted octanol–water partition coefficient (Wildman–Crippen LogP) is 1.88. The fraction of sp³-hybridized carbons (Fsp3) is 0.667. The van der Waals surface area contributed by atoms with Crippen LogP contribution in [0.4, 0.5) is 0 Å². The summed E-state index contributed by atoms with van der Waals surface area (Å²) in [5, 5.41) is 0. The fourth-order valence-electron chi connectivity index (χ4n) is 2.91. The van der Waals surface area contributed by atoms with Gasteiger partial charge in [0.25, 0.3) is 0 Å². The van der Waals surface area contributed by atoms with Gasteiger partial charge >= 0.3 is 0 Å². The van der Waals surface area contributed by atoms with Crippen LogP contribution >= 0.6 is 0 Å². The molecular formula is C15H22N2O2. The molecule has 0 N–H and O–H groups in total. The summed E-state index contributed by atoms with van der Waals surface area (Å²) in [5.74, 6) is 0. The molecule has 0 saturated carbocycles. The van der Waals surface area contributed by atoms with Crippen LogP contribution in [0.25, 0.3) is 0 Å². The lowest BCUT2D eigenvalue weighted by molar-refractivity contribution is -0.105. The van der Waals surface area contributed by atoms with Gasteiger partial charge in [0, 0.05) is 24.7 Å². The van der Waals surface area contributed by atoms with Crippen molar-refractivity contribution < 1.29 is 9.47 Å². The van der Waals surface area contributed by atoms with E-state index < -0.39 is 0 Å². The van der Waals surface area contributed by atoms with E-state index in [-0.39, 0.29) is 6.10 Å². The maximum Gasteiger partial charge on any atom is 0.0967 e. The number of hydrogen-bond acceptors (Lipinski definition) is 4. The zero-order valence-corrected chi connectivity index (χ0v) is 11.5. The summed E-state index contributed by atoms with van der Waals surface area (Å²) >= 11 is 0. The predicted molar refractivity (Wildman–Crippen MR) is 72.9 cm³/mol. The Bertz CT molecular complexity index is 406. The first-order valence-corrected chi connectivity index (χ1v) is 7.10. The molecule has 2 fully saturated rings. The van der Waals surface area contributed by atoms with Crippen molar-refractivity contribution in [2.75, 3.05) is 39.5 Å². The number of pyridine rings is 1. The zero-order chi connectivity index (χ0) is 13.1. The average Bonchev–Trinajstić information content (AvgIpc) is 2.84. The summed E-state index contributed by atoms with van der Waals surface area (Å²) in [4.78, 5) is 6.81. The molecule has 4 heteroatoms. The lowest BCUT2D eigenvalue weighted by Crippen LogP contribution is -2.44. The second-order valence-corrected chi connectivity index (χ2v) is 5.79. The van der Waals surface area contributed by atoms with Crippen LogP contribution in [-0.2, 0) is 9.47 Å². The average molecular weight is 262 g/mol. The minimum Gasteiger partial charge on any atom is -0.380 e. The summed E-state index contributed by atoms with van der Waals surface area (Å²) in [6.07, 6.45) is 3.17. The standard InChI is InChI=1S/C15H22N2O2/c1-13(14-4-2-3-6-16-14)19-9-8-17-7-5-15(10-17)11-18-12-15/h2-4,6,13H,5,7-12H2,1H3. The fourth-order valence-corrected chi connectivity index (χ4v) is 2.91. The third-order valence-corrected chi connectivity index (χ3v) is 4.21. The lowest BCUT2D eigenvalue weighted by atomic mass is 9.85. The highest BCUT2D eigenvalue weighted by molar-refractivity contribution is 5.05. The van der Waals surface area contributed by atoms with Crippen molar-refractivity contribution in [1.82, 2.24) is 9.88 Å². The number of hydrogen-bond donors (Lipinski definition) is 0. The minimum atomic E-state index is 0.0739. The molecule has 0 aliphatic carbocycles. The van der Waals surface area contributed by atoms with Gasteiger partial charge in [-0.25, -0.2) is 0 Å². The Labute approximate surface area is 114 Å². The van der Waals surface area contributed by atoms with E-state index in [9.17, 15) is 0 Å². The molecule has 0 bridgehead atoms. The van der Waals surface area contributed by atoms with Crippen molar-refractivity contribution in [2.24, 2.45) is 5.41 Å². The molecular weight excluding hydrogens is 240 g/mol. The van der Waals surface area contributed by atoms with E-state index in [0.717, 1.165) is 32.1 Å². The van der Waals surface area contributed by atoms with E-state index in [1.807, 2.05) is 24.4 Å². The highest BCUT2D eigenvalue weighted by Gasteiger charge is 2.43. The van der Waals surface area contributed by atoms with Gasteiger partial charge in [-0.3, -0.25) is 4.98 Å². The normalized spacial score (nSPS) is 23.4. The molecule has 104 valence electrons. The van der Waals surface area contributed by atoms with E-state index in [1.54, 1.807) is 0 Å². The van der Waals surface area contributed by atoms with Gasteiger partial charge in [-0.05, 0) is 32.0 Å². The monoisotopic (exact) mass is 262 g/mol. The summed E-state index contributed by atoms with van der Waals surface area (Å²) in [6, 6.07) is 5.95. The van der Waals surface area contributed by atoms with Gasteiger partial charge in [0.2, 0.25) is 0 Å². The van der Waals surface area contributed by atoms with Crippen LogP contribution in [-0.4, -0.2) is 49.3 Å². The number of ether oxygens (including phenoxy) is 2. The van der Waals surface area contributed by atoms with Gasteiger partial charge in [-0.15, -0.1) is 0 Å². The number of rotatable bonds is 5. The molecule has 2 saturated heterocycles. The minimum absolute atomic E-state index is 0.0739. The molecule has 0 radical (unpaired) electrons. The second kappa shape index (κ2) is 5.57. The molecule has 0 aromatic carbocycles. The van der Waals surface area contributed by atoms with E-state index >= 15 is 0 Å². The van der Waals surface area contributed by atoms with Crippen LogP contribution in [0.1, 0.15) is 25.1 Å². The van der Waals surface area contributed by atoms with Crippen molar-refractivity contribution in [2.45, 2.75) is 19.4 Å². The van der Waals surface area contributed by atoms with Crippen LogP contribution in [0.3, 0.4) is 0 Å². The Kier molecular flexibility index (Phi) is 3.82. The molecule has 4 nitrogen and oxygen atoms in total. The topological polar surface area (TPSA) is 34.6 Å². The van der Waals surface area contributed by atoms with E-state index in [0.29, 0.717) is 5.41 Å². The van der Waals surface area contributed by atoms with Crippen molar-refractivity contribution in [3.63, 3.8) is 0 Å². The number of aromatic nitrogens is 1. The van der Waals surface area contributed by atoms with E-state index in [1.165, 1.54) is 19.5 Å². The molecule has 19 heavy (non-hydrogen) atoms. The molecule has 0 amide bonds. The van der Waals surface area contributed by atoms with Crippen molar-refractivity contribution in [3.05, 3.63) is 30.1 Å². The second-order valence-electron chi connectivity index (χ2n) is 5.79. The molecule has 3 rings (SSSR count). The molecule has 2 aliphatic heterocycles. The van der Waals surface area contributed by atoms with Crippen LogP contribution in [0.15, 0.2) is 24.4 Å². The maximum atomic E-state index is 5.87. The highest BCUT2D eigenvalue weighted by Crippen LogP contribution is 2.37.